The van der Waals surface area contributed by atoms with Crippen molar-refractivity contribution in [2.75, 3.05) is 7.11 Å². The number of nitrogens with one attached hydrogen (secondary N) is 1. The van der Waals surface area contributed by atoms with Gasteiger partial charge < -0.3 is 19.5 Å². The van der Waals surface area contributed by atoms with Crippen molar-refractivity contribution in [1.82, 2.24) is 14.3 Å². The molecule has 2 aromatic carbocycles. The number of rotatable bonds is 4. The molecule has 1 aliphatic rings. The third-order valence-corrected chi connectivity index (χ3v) is 7.76. The molecule has 9 nitrogen and oxygen atoms in total. The summed E-state index contributed by atoms with van der Waals surface area (Å²) in [7, 11) is -2.84. The number of methoxy groups -OCH3 is 1. The first-order chi connectivity index (χ1) is 15.1. The molecule has 2 heterocycles. The maximum atomic E-state index is 14.9. The molecule has 1 saturated carbocycles. The molecule has 5 rings (SSSR count). The number of sulfone groups is 1. The van der Waals surface area contributed by atoms with Crippen LogP contribution in [0.3, 0.4) is 0 Å². The second kappa shape index (κ2) is 6.92. The summed E-state index contributed by atoms with van der Waals surface area (Å²) in [6, 6.07) is 6.01. The number of halogens is 2. The Kier molecular flexibility index (Phi) is 4.49. The van der Waals surface area contributed by atoms with Crippen molar-refractivity contribution in [3.63, 3.8) is 0 Å². The molecular weight excluding hydrogens is 465 g/mol. The number of benzene rings is 2. The van der Waals surface area contributed by atoms with Crippen LogP contribution in [0.25, 0.3) is 21.8 Å². The number of ether oxygens (including phenoxy) is 1. The molecule has 32 heavy (non-hydrogen) atoms. The van der Waals surface area contributed by atoms with Crippen LogP contribution < -0.4 is 11.2 Å². The van der Waals surface area contributed by atoms with E-state index >= 15 is 0 Å². The first-order valence-corrected chi connectivity index (χ1v) is 11.3. The van der Waals surface area contributed by atoms with Gasteiger partial charge in [0.25, 0.3) is 5.56 Å². The average molecular weight is 480 g/mol. The van der Waals surface area contributed by atoms with Gasteiger partial charge in [0, 0.05) is 18.7 Å². The predicted molar refractivity (Wildman–Crippen MR) is 113 cm³/mol. The van der Waals surface area contributed by atoms with Gasteiger partial charge in [-0.25, -0.2) is 17.6 Å². The fourth-order valence-electron chi connectivity index (χ4n) is 3.94. The van der Waals surface area contributed by atoms with Crippen molar-refractivity contribution >= 4 is 43.2 Å². The van der Waals surface area contributed by atoms with E-state index in [0.717, 1.165) is 24.6 Å². The predicted octanol–water partition coefficient (Wildman–Crippen LogP) is 2.47. The summed E-state index contributed by atoms with van der Waals surface area (Å²) in [5, 5.41) is 9.29. The number of fused-ring (bicyclic) bond motifs is 2. The molecule has 0 unspecified atom stereocenters. The smallest absolute Gasteiger partial charge is 0.362 e. The van der Waals surface area contributed by atoms with Crippen molar-refractivity contribution in [3.05, 3.63) is 68.2 Å². The molecule has 0 radical (unpaired) electrons. The van der Waals surface area contributed by atoms with Gasteiger partial charge in [0.05, 0.1) is 43.4 Å². The SMILES string of the molecule is CO[C@@H]1C[C@H]1n1ccc2c(F)cc(S(=O)(=O)c3ccc(Cl)c4c(=O)n(O)c(=O)[nH]c34)cc21. The van der Waals surface area contributed by atoms with E-state index in [1.807, 2.05) is 0 Å². The van der Waals surface area contributed by atoms with Crippen LogP contribution in [0.1, 0.15) is 12.5 Å². The van der Waals surface area contributed by atoms with Crippen LogP contribution in [0, 0.1) is 5.82 Å². The van der Waals surface area contributed by atoms with Crippen LogP contribution in [-0.4, -0.2) is 41.1 Å². The number of hydrogen-bond acceptors (Lipinski definition) is 6. The van der Waals surface area contributed by atoms with E-state index in [2.05, 4.69) is 4.98 Å². The van der Waals surface area contributed by atoms with Crippen molar-refractivity contribution in [2.24, 2.45) is 0 Å². The van der Waals surface area contributed by atoms with E-state index in [1.165, 1.54) is 6.07 Å². The van der Waals surface area contributed by atoms with Gasteiger partial charge >= 0.3 is 5.69 Å². The van der Waals surface area contributed by atoms with Crippen molar-refractivity contribution in [2.45, 2.75) is 28.4 Å². The summed E-state index contributed by atoms with van der Waals surface area (Å²) in [6.07, 6.45) is 2.35. The van der Waals surface area contributed by atoms with Crippen molar-refractivity contribution in [3.8, 4) is 0 Å². The van der Waals surface area contributed by atoms with Gasteiger partial charge in [0.2, 0.25) is 9.84 Å². The van der Waals surface area contributed by atoms with Crippen LogP contribution in [0.4, 0.5) is 4.39 Å². The summed E-state index contributed by atoms with van der Waals surface area (Å²) in [6.45, 7) is 0. The van der Waals surface area contributed by atoms with Gasteiger partial charge in [0.15, 0.2) is 0 Å². The molecule has 0 saturated heterocycles. The van der Waals surface area contributed by atoms with E-state index in [1.54, 1.807) is 23.9 Å². The number of nitrogens with zero attached hydrogens (tertiary/aromatic N) is 2. The molecule has 4 aromatic rings. The summed E-state index contributed by atoms with van der Waals surface area (Å²) in [5.74, 6) is -0.737. The monoisotopic (exact) mass is 479 g/mol. The minimum Gasteiger partial charge on any atom is -0.421 e. The first-order valence-electron chi connectivity index (χ1n) is 9.40. The Morgan fingerprint density at radius 3 is 2.69 bits per heavy atom. The standard InChI is InChI=1S/C20H15ClFN3O6S/c1-31-15-8-14(15)24-5-4-10-12(22)6-9(7-13(10)24)32(29,30)16-3-2-11(21)17-18(16)23-20(27)25(28)19(17)26/h2-7,14-15,28H,8H2,1H3,(H,23,27)/t14-,15-/m1/s1. The molecular formula is C20H15ClFN3O6S. The lowest BCUT2D eigenvalue weighted by Gasteiger charge is -2.11. The van der Waals surface area contributed by atoms with Crippen LogP contribution in [-0.2, 0) is 14.6 Å². The fraction of sp³-hybridized carbons (Fsp3) is 0.200. The van der Waals surface area contributed by atoms with Crippen LogP contribution in [0.15, 0.2) is 55.9 Å². The lowest BCUT2D eigenvalue weighted by atomic mass is 10.2. The molecule has 1 fully saturated rings. The van der Waals surface area contributed by atoms with Gasteiger partial charge in [-0.1, -0.05) is 16.3 Å². The highest BCUT2D eigenvalue weighted by atomic mass is 35.5. The number of aromatic amines is 1. The van der Waals surface area contributed by atoms with Gasteiger partial charge in [-0.15, -0.1) is 0 Å². The fourth-order valence-corrected chi connectivity index (χ4v) is 5.63. The summed E-state index contributed by atoms with van der Waals surface area (Å²) < 4.78 is 48.6. The molecule has 2 N–H and O–H groups in total. The summed E-state index contributed by atoms with van der Waals surface area (Å²) in [4.78, 5) is 25.6. The summed E-state index contributed by atoms with van der Waals surface area (Å²) >= 11 is 6.02. The first kappa shape index (κ1) is 20.7. The Hall–Kier alpha value is -3.15. The minimum atomic E-state index is -4.40. The maximum Gasteiger partial charge on any atom is 0.362 e. The van der Waals surface area contributed by atoms with Gasteiger partial charge in [-0.05, 0) is 36.8 Å². The second-order valence-electron chi connectivity index (χ2n) is 7.48. The quantitative estimate of drug-likeness (QED) is 0.433. The molecule has 0 aliphatic heterocycles. The number of aromatic nitrogens is 3. The average Bonchev–Trinajstić information content (AvgIpc) is 3.41. The topological polar surface area (TPSA) is 123 Å². The van der Waals surface area contributed by atoms with E-state index < -0.39 is 31.8 Å². The molecule has 0 bridgehead atoms. The molecule has 12 heteroatoms. The second-order valence-corrected chi connectivity index (χ2v) is 9.81. The van der Waals surface area contributed by atoms with E-state index in [-0.39, 0.29) is 43.1 Å². The third kappa shape index (κ3) is 2.89. The normalized spacial score (nSPS) is 18.5. The number of H-pyrrole nitrogens is 1. The van der Waals surface area contributed by atoms with Gasteiger partial charge in [-0.2, -0.15) is 0 Å². The third-order valence-electron chi connectivity index (χ3n) is 5.67. The zero-order valence-corrected chi connectivity index (χ0v) is 17.9. The van der Waals surface area contributed by atoms with E-state index in [4.69, 9.17) is 16.3 Å². The molecule has 166 valence electrons. The highest BCUT2D eigenvalue weighted by molar-refractivity contribution is 7.91. The Bertz CT molecular complexity index is 1660. The number of hydrogen-bond donors (Lipinski definition) is 2. The highest BCUT2D eigenvalue weighted by Gasteiger charge is 2.39. The van der Waals surface area contributed by atoms with Crippen LogP contribution in [0.2, 0.25) is 5.02 Å². The highest BCUT2D eigenvalue weighted by Crippen LogP contribution is 2.41. The molecule has 2 atom stereocenters. The van der Waals surface area contributed by atoms with E-state index in [0.29, 0.717) is 5.52 Å². The minimum absolute atomic E-state index is 0.0365. The van der Waals surface area contributed by atoms with E-state index in [9.17, 15) is 27.6 Å². The zero-order chi connectivity index (χ0) is 22.9. The van der Waals surface area contributed by atoms with Gasteiger partial charge in [0.1, 0.15) is 5.82 Å². The van der Waals surface area contributed by atoms with Crippen molar-refractivity contribution < 1.29 is 22.8 Å². The zero-order valence-electron chi connectivity index (χ0n) is 16.4. The Morgan fingerprint density at radius 1 is 1.25 bits per heavy atom. The largest absolute Gasteiger partial charge is 0.421 e. The molecule has 2 aromatic heterocycles. The molecule has 1 aliphatic carbocycles. The van der Waals surface area contributed by atoms with Gasteiger partial charge in [-0.3, -0.25) is 4.79 Å². The lowest BCUT2D eigenvalue weighted by Crippen LogP contribution is -2.33. The summed E-state index contributed by atoms with van der Waals surface area (Å²) in [5.41, 5.74) is -2.43. The molecule has 0 amide bonds. The lowest BCUT2D eigenvalue weighted by molar-refractivity contribution is 0.162. The maximum absolute atomic E-state index is 14.9. The van der Waals surface area contributed by atoms with Crippen LogP contribution in [0.5, 0.6) is 0 Å². The Balaban J connectivity index is 1.77. The van der Waals surface area contributed by atoms with Crippen LogP contribution >= 0.6 is 11.6 Å². The Morgan fingerprint density at radius 2 is 2.00 bits per heavy atom. The Labute approximate surface area is 184 Å². The molecule has 0 spiro atoms. The van der Waals surface area contributed by atoms with Crippen molar-refractivity contribution in [1.29, 1.82) is 0 Å².